The zero-order valence-corrected chi connectivity index (χ0v) is 42.5. The molecule has 2 N–H and O–H groups in total. The Bertz CT molecular complexity index is 1740. The molecule has 0 saturated heterocycles. The van der Waals surface area contributed by atoms with Crippen molar-refractivity contribution >= 4 is 0 Å². The summed E-state index contributed by atoms with van der Waals surface area (Å²) in [7, 11) is 0. The molecule has 0 fully saturated rings. The van der Waals surface area contributed by atoms with Gasteiger partial charge >= 0.3 is 0 Å². The largest absolute Gasteiger partial charge is 0.381 e. The van der Waals surface area contributed by atoms with Gasteiger partial charge in [0.1, 0.15) is 11.2 Å². The molecule has 0 heterocycles. The molecule has 0 aromatic heterocycles. The van der Waals surface area contributed by atoms with E-state index in [2.05, 4.69) is 125 Å². The van der Waals surface area contributed by atoms with Crippen LogP contribution in [0.4, 0.5) is 0 Å². The third-order valence-electron chi connectivity index (χ3n) is 14.6. The maximum atomic E-state index is 14.6. The predicted octanol–water partition coefficient (Wildman–Crippen LogP) is 18.2. The average Bonchev–Trinajstić information content (AvgIpc) is 3.33. The Kier molecular flexibility index (Phi) is 27.2. The van der Waals surface area contributed by atoms with E-state index in [4.69, 9.17) is 0 Å². The fourth-order valence-corrected chi connectivity index (χ4v) is 10.7. The molecule has 4 aromatic carbocycles. The van der Waals surface area contributed by atoms with Crippen molar-refractivity contribution in [2.45, 2.75) is 251 Å². The molecule has 0 radical (unpaired) electrons. The van der Waals surface area contributed by atoms with Crippen LogP contribution in [-0.4, -0.2) is 10.2 Å². The lowest BCUT2D eigenvalue weighted by molar-refractivity contribution is -0.141. The van der Waals surface area contributed by atoms with Crippen LogP contribution >= 0.6 is 0 Å². The van der Waals surface area contributed by atoms with Gasteiger partial charge in [-0.25, -0.2) is 0 Å². The predicted molar refractivity (Wildman–Crippen MR) is 283 cm³/mol. The molecule has 0 bridgehead atoms. The molecule has 1 unspecified atom stereocenters. The topological polar surface area (TPSA) is 40.5 Å². The second kappa shape index (κ2) is 32.5. The number of aliphatic hydroxyl groups is 2. The maximum Gasteiger partial charge on any atom is 0.148 e. The van der Waals surface area contributed by atoms with Gasteiger partial charge in [0.05, 0.1) is 0 Å². The van der Waals surface area contributed by atoms with Gasteiger partial charge in [0.15, 0.2) is 0 Å². The molecule has 0 amide bonds. The minimum Gasteiger partial charge on any atom is -0.381 e. The van der Waals surface area contributed by atoms with Gasteiger partial charge in [-0.3, -0.25) is 0 Å². The number of hydrogen-bond acceptors (Lipinski definition) is 2. The molecule has 4 aromatic rings. The summed E-state index contributed by atoms with van der Waals surface area (Å²) in [5.41, 5.74) is 5.20. The highest BCUT2D eigenvalue weighted by molar-refractivity contribution is 5.52. The van der Waals surface area contributed by atoms with Crippen LogP contribution < -0.4 is 0 Å². The van der Waals surface area contributed by atoms with Gasteiger partial charge in [-0.15, -0.1) is 0 Å². The Morgan fingerprint density at radius 3 is 0.877 bits per heavy atom. The first-order valence-electron chi connectivity index (χ1n) is 27.7. The summed E-state index contributed by atoms with van der Waals surface area (Å²) in [5, 5.41) is 29.2. The Hall–Kier alpha value is -3.20. The van der Waals surface area contributed by atoms with E-state index >= 15 is 0 Å². The van der Waals surface area contributed by atoms with E-state index in [1.54, 1.807) is 0 Å². The van der Waals surface area contributed by atoms with E-state index in [1.165, 1.54) is 165 Å². The molecule has 0 aliphatic carbocycles. The minimum absolute atomic E-state index is 0.335. The van der Waals surface area contributed by atoms with Crippen LogP contribution in [0.2, 0.25) is 0 Å². The first kappa shape index (κ1) is 54.4. The molecule has 0 spiro atoms. The van der Waals surface area contributed by atoms with E-state index in [-0.39, 0.29) is 0 Å². The highest BCUT2D eigenvalue weighted by atomic mass is 16.4. The molecule has 0 aliphatic heterocycles. The lowest BCUT2D eigenvalue weighted by Gasteiger charge is -2.47. The van der Waals surface area contributed by atoms with Gasteiger partial charge in [-0.2, -0.15) is 0 Å². The summed E-state index contributed by atoms with van der Waals surface area (Å²) in [5.74, 6) is 0. The standard InChI is InChI=1S/C63H96O2/c1-5-9-13-17-21-25-29-41-54-42-33-34-49-58(54)53-62(64,59-50-38-35-46-55(59)43-30-26-22-18-14-10-6-2)63(65,60-51-39-36-47-56(60)44-31-27-23-19-15-11-7-3)61-52-40-37-48-57(61)45-32-28-24-20-16-12-8-4/h33-40,42,46-52,64-65H,5-32,41,43-45,53H2,1-4H3. The molecule has 2 nitrogen and oxygen atoms in total. The van der Waals surface area contributed by atoms with E-state index in [1.807, 2.05) is 0 Å². The lowest BCUT2D eigenvalue weighted by Crippen LogP contribution is -2.53. The molecule has 1 atom stereocenters. The molecular formula is C63H96O2. The highest BCUT2D eigenvalue weighted by Gasteiger charge is 2.55. The first-order chi connectivity index (χ1) is 31.9. The minimum atomic E-state index is -1.72. The van der Waals surface area contributed by atoms with Crippen molar-refractivity contribution in [2.75, 3.05) is 0 Å². The van der Waals surface area contributed by atoms with Crippen molar-refractivity contribution in [2.24, 2.45) is 0 Å². The fourth-order valence-electron chi connectivity index (χ4n) is 10.7. The summed E-state index contributed by atoms with van der Waals surface area (Å²) in [4.78, 5) is 0. The van der Waals surface area contributed by atoms with Gasteiger partial charge in [0.25, 0.3) is 0 Å². The van der Waals surface area contributed by atoms with Crippen LogP contribution in [0.3, 0.4) is 0 Å². The quantitative estimate of drug-likeness (QED) is 0.0440. The number of rotatable bonds is 38. The highest BCUT2D eigenvalue weighted by Crippen LogP contribution is 2.51. The number of aryl methyl sites for hydroxylation is 4. The van der Waals surface area contributed by atoms with Crippen molar-refractivity contribution in [1.82, 2.24) is 0 Å². The number of hydrogen-bond donors (Lipinski definition) is 2. The lowest BCUT2D eigenvalue weighted by atomic mass is 9.63. The van der Waals surface area contributed by atoms with Crippen molar-refractivity contribution in [1.29, 1.82) is 0 Å². The van der Waals surface area contributed by atoms with Gasteiger partial charge in [0.2, 0.25) is 0 Å². The van der Waals surface area contributed by atoms with Gasteiger partial charge in [0, 0.05) is 6.42 Å². The van der Waals surface area contributed by atoms with Crippen LogP contribution in [0.5, 0.6) is 0 Å². The first-order valence-corrected chi connectivity index (χ1v) is 27.7. The zero-order chi connectivity index (χ0) is 46.3. The molecular weight excluding hydrogens is 789 g/mol. The number of benzene rings is 4. The van der Waals surface area contributed by atoms with Crippen LogP contribution in [-0.2, 0) is 43.3 Å². The fraction of sp³-hybridized carbons (Fsp3) is 0.619. The summed E-state index contributed by atoms with van der Waals surface area (Å²) in [6.07, 6.45) is 39.0. The van der Waals surface area contributed by atoms with E-state index in [0.717, 1.165) is 84.7 Å². The van der Waals surface area contributed by atoms with Crippen LogP contribution in [0.25, 0.3) is 0 Å². The smallest absolute Gasteiger partial charge is 0.148 e. The van der Waals surface area contributed by atoms with Crippen molar-refractivity contribution < 1.29 is 10.2 Å². The monoisotopic (exact) mass is 885 g/mol. The summed E-state index contributed by atoms with van der Waals surface area (Å²) in [6, 6.07) is 34.8. The molecule has 4 rings (SSSR count). The zero-order valence-electron chi connectivity index (χ0n) is 42.5. The average molecular weight is 885 g/mol. The summed E-state index contributed by atoms with van der Waals surface area (Å²) < 4.78 is 0. The number of unbranched alkanes of at least 4 members (excludes halogenated alkanes) is 24. The Balaban J connectivity index is 1.86. The molecule has 2 heteroatoms. The van der Waals surface area contributed by atoms with E-state index < -0.39 is 11.2 Å². The van der Waals surface area contributed by atoms with Crippen molar-refractivity contribution in [3.8, 4) is 0 Å². The maximum absolute atomic E-state index is 14.6. The third-order valence-corrected chi connectivity index (χ3v) is 14.6. The second-order valence-electron chi connectivity index (χ2n) is 20.0. The van der Waals surface area contributed by atoms with Crippen molar-refractivity contribution in [3.05, 3.63) is 142 Å². The summed E-state index contributed by atoms with van der Waals surface area (Å²) >= 11 is 0. The van der Waals surface area contributed by atoms with Crippen molar-refractivity contribution in [3.63, 3.8) is 0 Å². The van der Waals surface area contributed by atoms with Gasteiger partial charge in [-0.1, -0.05) is 279 Å². The normalized spacial score (nSPS) is 12.8. The molecule has 0 saturated carbocycles. The second-order valence-corrected chi connectivity index (χ2v) is 20.0. The Morgan fingerprint density at radius 1 is 0.277 bits per heavy atom. The van der Waals surface area contributed by atoms with Gasteiger partial charge in [-0.05, 0) is 95.9 Å². The van der Waals surface area contributed by atoms with Crippen LogP contribution in [0.1, 0.15) is 252 Å². The SMILES string of the molecule is CCCCCCCCCc1ccccc1CC(O)(c1ccccc1CCCCCCCCC)C(O)(c1ccccc1CCCCCCCCC)c1ccccc1CCCCCCCCC. The Morgan fingerprint density at radius 2 is 0.523 bits per heavy atom. The molecule has 0 aliphatic rings. The Labute approximate surface area is 400 Å². The molecule has 65 heavy (non-hydrogen) atoms. The molecule has 360 valence electrons. The van der Waals surface area contributed by atoms with Crippen LogP contribution in [0.15, 0.2) is 97.1 Å². The van der Waals surface area contributed by atoms with E-state index in [0.29, 0.717) is 6.42 Å². The van der Waals surface area contributed by atoms with E-state index in [9.17, 15) is 10.2 Å². The third kappa shape index (κ3) is 17.8. The van der Waals surface area contributed by atoms with Crippen LogP contribution in [0, 0.1) is 0 Å². The summed E-state index contributed by atoms with van der Waals surface area (Å²) in [6.45, 7) is 9.15. The van der Waals surface area contributed by atoms with Gasteiger partial charge < -0.3 is 10.2 Å².